The van der Waals surface area contributed by atoms with Gasteiger partial charge in [0.05, 0.1) is 0 Å². The van der Waals surface area contributed by atoms with Gasteiger partial charge in [-0.25, -0.2) is 0 Å². The Labute approximate surface area is 68.6 Å². The molecular weight excluding hydrogens is 159 g/mol. The summed E-state index contributed by atoms with van der Waals surface area (Å²) in [5, 5.41) is 6.41. The molecular formula is C5H14Cl2N2. The standard InChI is InChI=1S/C5H12N2.2ClH/c1-5(6-2)3-7-4-5;;/h6-7H,3-4H2,1-2H3;2*1H. The molecule has 0 bridgehead atoms. The lowest BCUT2D eigenvalue weighted by Gasteiger charge is -2.38. The van der Waals surface area contributed by atoms with Gasteiger partial charge in [-0.3, -0.25) is 0 Å². The number of rotatable bonds is 1. The van der Waals surface area contributed by atoms with Gasteiger partial charge in [0.1, 0.15) is 0 Å². The van der Waals surface area contributed by atoms with Crippen LogP contribution >= 0.6 is 24.8 Å². The molecule has 1 aliphatic rings. The first-order valence-electron chi connectivity index (χ1n) is 2.66. The minimum absolute atomic E-state index is 0. The van der Waals surface area contributed by atoms with E-state index in [9.17, 15) is 0 Å². The van der Waals surface area contributed by atoms with Gasteiger partial charge in [0, 0.05) is 18.6 Å². The van der Waals surface area contributed by atoms with E-state index in [1.165, 1.54) is 0 Å². The highest BCUT2D eigenvalue weighted by molar-refractivity contribution is 5.85. The van der Waals surface area contributed by atoms with Crippen molar-refractivity contribution in [2.75, 3.05) is 20.1 Å². The van der Waals surface area contributed by atoms with Crippen molar-refractivity contribution in [3.8, 4) is 0 Å². The van der Waals surface area contributed by atoms with Crippen LogP contribution in [0.1, 0.15) is 6.92 Å². The average Bonchev–Trinajstić information content (AvgIpc) is 1.61. The monoisotopic (exact) mass is 172 g/mol. The Morgan fingerprint density at radius 1 is 1.33 bits per heavy atom. The van der Waals surface area contributed by atoms with Crippen LogP contribution in [-0.4, -0.2) is 25.7 Å². The van der Waals surface area contributed by atoms with Crippen molar-refractivity contribution < 1.29 is 0 Å². The van der Waals surface area contributed by atoms with Crippen molar-refractivity contribution in [1.29, 1.82) is 0 Å². The summed E-state index contributed by atoms with van der Waals surface area (Å²) in [7, 11) is 2.00. The maximum absolute atomic E-state index is 3.22. The number of halogens is 2. The molecule has 1 saturated heterocycles. The highest BCUT2D eigenvalue weighted by Gasteiger charge is 2.28. The van der Waals surface area contributed by atoms with Crippen LogP contribution in [0.2, 0.25) is 0 Å². The second-order valence-corrected chi connectivity index (χ2v) is 2.41. The molecule has 0 aromatic carbocycles. The molecule has 0 amide bonds. The Bertz CT molecular complexity index is 67.8. The van der Waals surface area contributed by atoms with Crippen LogP contribution in [0, 0.1) is 0 Å². The zero-order valence-corrected chi connectivity index (χ0v) is 7.36. The minimum Gasteiger partial charge on any atom is -0.313 e. The van der Waals surface area contributed by atoms with Crippen molar-refractivity contribution in [1.82, 2.24) is 10.6 Å². The smallest absolute Gasteiger partial charge is 0.0401 e. The summed E-state index contributed by atoms with van der Waals surface area (Å²) >= 11 is 0. The van der Waals surface area contributed by atoms with Crippen LogP contribution in [0.3, 0.4) is 0 Å². The Morgan fingerprint density at radius 2 is 1.78 bits per heavy atom. The second-order valence-electron chi connectivity index (χ2n) is 2.41. The van der Waals surface area contributed by atoms with Crippen molar-refractivity contribution in [2.45, 2.75) is 12.5 Å². The van der Waals surface area contributed by atoms with E-state index in [0.717, 1.165) is 13.1 Å². The summed E-state index contributed by atoms with van der Waals surface area (Å²) in [6, 6.07) is 0. The molecule has 0 radical (unpaired) electrons. The molecule has 0 aromatic heterocycles. The van der Waals surface area contributed by atoms with Crippen LogP contribution in [-0.2, 0) is 0 Å². The molecule has 58 valence electrons. The van der Waals surface area contributed by atoms with Gasteiger partial charge in [0.15, 0.2) is 0 Å². The van der Waals surface area contributed by atoms with E-state index >= 15 is 0 Å². The van der Waals surface area contributed by atoms with Crippen molar-refractivity contribution in [2.24, 2.45) is 0 Å². The van der Waals surface area contributed by atoms with Gasteiger partial charge >= 0.3 is 0 Å². The molecule has 0 spiro atoms. The quantitative estimate of drug-likeness (QED) is 0.600. The normalized spacial score (nSPS) is 20.7. The Morgan fingerprint density at radius 3 is 1.78 bits per heavy atom. The summed E-state index contributed by atoms with van der Waals surface area (Å²) < 4.78 is 0. The summed E-state index contributed by atoms with van der Waals surface area (Å²) in [5.41, 5.74) is 0.403. The molecule has 2 N–H and O–H groups in total. The fourth-order valence-corrected chi connectivity index (χ4v) is 0.677. The number of hydrogen-bond acceptors (Lipinski definition) is 2. The summed E-state index contributed by atoms with van der Waals surface area (Å²) in [5.74, 6) is 0. The summed E-state index contributed by atoms with van der Waals surface area (Å²) in [6.45, 7) is 4.44. The van der Waals surface area contributed by atoms with Gasteiger partial charge in [-0.1, -0.05) is 0 Å². The van der Waals surface area contributed by atoms with Gasteiger partial charge < -0.3 is 10.6 Å². The van der Waals surface area contributed by atoms with E-state index in [1.54, 1.807) is 0 Å². The topological polar surface area (TPSA) is 24.1 Å². The van der Waals surface area contributed by atoms with Crippen LogP contribution in [0.4, 0.5) is 0 Å². The predicted molar refractivity (Wildman–Crippen MR) is 44.8 cm³/mol. The molecule has 9 heavy (non-hydrogen) atoms. The first kappa shape index (κ1) is 12.2. The van der Waals surface area contributed by atoms with Gasteiger partial charge in [-0.2, -0.15) is 0 Å². The highest BCUT2D eigenvalue weighted by Crippen LogP contribution is 2.06. The van der Waals surface area contributed by atoms with E-state index in [-0.39, 0.29) is 24.8 Å². The number of hydrogen-bond donors (Lipinski definition) is 2. The van der Waals surface area contributed by atoms with Crippen molar-refractivity contribution >= 4 is 24.8 Å². The third kappa shape index (κ3) is 2.72. The van der Waals surface area contributed by atoms with Gasteiger partial charge in [0.2, 0.25) is 0 Å². The van der Waals surface area contributed by atoms with Crippen molar-refractivity contribution in [3.05, 3.63) is 0 Å². The largest absolute Gasteiger partial charge is 0.313 e. The zero-order chi connectivity index (χ0) is 5.33. The number of nitrogens with one attached hydrogen (secondary N) is 2. The highest BCUT2D eigenvalue weighted by atomic mass is 35.5. The predicted octanol–water partition coefficient (Wildman–Crippen LogP) is 0.411. The minimum atomic E-state index is 0. The Kier molecular flexibility index (Phi) is 5.88. The fourth-order valence-electron chi connectivity index (χ4n) is 0.677. The van der Waals surface area contributed by atoms with Crippen LogP contribution in [0.15, 0.2) is 0 Å². The summed E-state index contributed by atoms with van der Waals surface area (Å²) in [6.07, 6.45) is 0. The molecule has 4 heteroatoms. The molecule has 1 fully saturated rings. The number of likely N-dealkylation sites (N-methyl/N-ethyl adjacent to an activating group) is 1. The lowest BCUT2D eigenvalue weighted by molar-refractivity contribution is 0.256. The first-order valence-corrected chi connectivity index (χ1v) is 2.66. The summed E-state index contributed by atoms with van der Waals surface area (Å²) in [4.78, 5) is 0. The SMILES string of the molecule is CNC1(C)CNC1.Cl.Cl. The molecule has 1 aliphatic heterocycles. The lowest BCUT2D eigenvalue weighted by atomic mass is 9.96. The maximum Gasteiger partial charge on any atom is 0.0401 e. The molecule has 0 aromatic rings. The van der Waals surface area contributed by atoms with E-state index < -0.39 is 0 Å². The van der Waals surface area contributed by atoms with Gasteiger partial charge in [-0.15, -0.1) is 24.8 Å². The van der Waals surface area contributed by atoms with E-state index in [0.29, 0.717) is 5.54 Å². The first-order chi connectivity index (χ1) is 3.27. The van der Waals surface area contributed by atoms with E-state index in [1.807, 2.05) is 7.05 Å². The molecule has 0 atom stereocenters. The lowest BCUT2D eigenvalue weighted by Crippen LogP contribution is -2.64. The average molecular weight is 173 g/mol. The Balaban J connectivity index is 0. The van der Waals surface area contributed by atoms with Gasteiger partial charge in [0.25, 0.3) is 0 Å². The third-order valence-corrected chi connectivity index (χ3v) is 1.63. The zero-order valence-electron chi connectivity index (χ0n) is 5.73. The molecule has 0 aliphatic carbocycles. The molecule has 1 heterocycles. The Hall–Kier alpha value is 0.500. The molecule has 0 saturated carbocycles. The molecule has 2 nitrogen and oxygen atoms in total. The van der Waals surface area contributed by atoms with E-state index in [2.05, 4.69) is 17.6 Å². The van der Waals surface area contributed by atoms with E-state index in [4.69, 9.17) is 0 Å². The third-order valence-electron chi connectivity index (χ3n) is 1.63. The molecule has 0 unspecified atom stereocenters. The van der Waals surface area contributed by atoms with Crippen LogP contribution < -0.4 is 10.6 Å². The molecule has 1 rings (SSSR count). The fraction of sp³-hybridized carbons (Fsp3) is 1.00. The maximum atomic E-state index is 3.22. The van der Waals surface area contributed by atoms with Crippen LogP contribution in [0.25, 0.3) is 0 Å². The van der Waals surface area contributed by atoms with Crippen LogP contribution in [0.5, 0.6) is 0 Å². The van der Waals surface area contributed by atoms with Gasteiger partial charge in [-0.05, 0) is 14.0 Å². The second kappa shape index (κ2) is 4.34. The van der Waals surface area contributed by atoms with Crippen molar-refractivity contribution in [3.63, 3.8) is 0 Å².